The van der Waals surface area contributed by atoms with Crippen molar-refractivity contribution >= 4 is 0 Å². The first-order valence-electron chi connectivity index (χ1n) is 5.07. The van der Waals surface area contributed by atoms with Crippen LogP contribution in [-0.2, 0) is 0 Å². The molecule has 0 fully saturated rings. The monoisotopic (exact) mass is 208 g/mol. The molecule has 1 N–H and O–H groups in total. The van der Waals surface area contributed by atoms with E-state index in [2.05, 4.69) is 0 Å². The van der Waals surface area contributed by atoms with Gasteiger partial charge in [0, 0.05) is 12.0 Å². The molecule has 82 valence electrons. The van der Waals surface area contributed by atoms with Crippen molar-refractivity contribution in [3.05, 3.63) is 23.8 Å². The molecule has 3 nitrogen and oxygen atoms in total. The summed E-state index contributed by atoms with van der Waals surface area (Å²) in [7, 11) is 1.61. The molecule has 1 aliphatic heterocycles. The van der Waals surface area contributed by atoms with Crippen LogP contribution in [0.15, 0.2) is 18.2 Å². The first-order chi connectivity index (χ1) is 7.02. The van der Waals surface area contributed by atoms with E-state index in [9.17, 15) is 5.11 Å². The van der Waals surface area contributed by atoms with Crippen LogP contribution in [-0.4, -0.2) is 17.8 Å². The maximum atomic E-state index is 9.98. The van der Waals surface area contributed by atoms with E-state index in [0.29, 0.717) is 6.42 Å². The van der Waals surface area contributed by atoms with E-state index in [1.807, 2.05) is 32.0 Å². The van der Waals surface area contributed by atoms with E-state index in [0.717, 1.165) is 17.1 Å². The van der Waals surface area contributed by atoms with Gasteiger partial charge in [-0.2, -0.15) is 0 Å². The van der Waals surface area contributed by atoms with Crippen LogP contribution < -0.4 is 9.47 Å². The van der Waals surface area contributed by atoms with Crippen molar-refractivity contribution in [1.29, 1.82) is 0 Å². The lowest BCUT2D eigenvalue weighted by molar-refractivity contribution is 0.0113. The molecule has 0 radical (unpaired) electrons. The third-order valence-electron chi connectivity index (χ3n) is 2.65. The highest BCUT2D eigenvalue weighted by Gasteiger charge is 2.32. The zero-order chi connectivity index (χ0) is 11.1. The van der Waals surface area contributed by atoms with Gasteiger partial charge in [0.05, 0.1) is 13.2 Å². The molecule has 1 atom stereocenters. The molecule has 3 heteroatoms. The molecule has 0 spiro atoms. The second-order valence-corrected chi connectivity index (χ2v) is 4.49. The molecular weight excluding hydrogens is 192 g/mol. The molecular formula is C12H16O3. The highest BCUT2D eigenvalue weighted by Crippen LogP contribution is 2.40. The van der Waals surface area contributed by atoms with E-state index in [-0.39, 0.29) is 5.60 Å². The molecule has 0 aliphatic carbocycles. The molecule has 0 saturated carbocycles. The number of ether oxygens (including phenoxy) is 2. The van der Waals surface area contributed by atoms with Crippen molar-refractivity contribution in [2.24, 2.45) is 0 Å². The van der Waals surface area contributed by atoms with Crippen LogP contribution >= 0.6 is 0 Å². The highest BCUT2D eigenvalue weighted by atomic mass is 16.5. The summed E-state index contributed by atoms with van der Waals surface area (Å²) in [5.74, 6) is 1.50. The van der Waals surface area contributed by atoms with Crippen molar-refractivity contribution < 1.29 is 14.6 Å². The van der Waals surface area contributed by atoms with Crippen LogP contribution in [0.2, 0.25) is 0 Å². The largest absolute Gasteiger partial charge is 0.497 e. The molecule has 1 heterocycles. The molecule has 1 aromatic carbocycles. The summed E-state index contributed by atoms with van der Waals surface area (Å²) in [6, 6.07) is 5.51. The minimum atomic E-state index is -0.473. The van der Waals surface area contributed by atoms with Gasteiger partial charge in [-0.1, -0.05) is 0 Å². The van der Waals surface area contributed by atoms with Crippen molar-refractivity contribution in [2.45, 2.75) is 32.0 Å². The Kier molecular flexibility index (Phi) is 2.35. The normalized spacial score (nSPS) is 22.8. The van der Waals surface area contributed by atoms with Crippen LogP contribution in [0, 0.1) is 0 Å². The number of aliphatic hydroxyl groups excluding tert-OH is 1. The van der Waals surface area contributed by atoms with Gasteiger partial charge in [0.1, 0.15) is 17.1 Å². The predicted molar refractivity (Wildman–Crippen MR) is 57.3 cm³/mol. The van der Waals surface area contributed by atoms with Crippen molar-refractivity contribution in [2.75, 3.05) is 7.11 Å². The number of fused-ring (bicyclic) bond motifs is 1. The lowest BCUT2D eigenvalue weighted by atomic mass is 9.92. The molecule has 15 heavy (non-hydrogen) atoms. The molecule has 0 bridgehead atoms. The van der Waals surface area contributed by atoms with E-state index >= 15 is 0 Å². The minimum absolute atomic E-state index is 0.305. The maximum Gasteiger partial charge on any atom is 0.126 e. The minimum Gasteiger partial charge on any atom is -0.497 e. The molecule has 2 rings (SSSR count). The fourth-order valence-electron chi connectivity index (χ4n) is 1.92. The van der Waals surface area contributed by atoms with Gasteiger partial charge < -0.3 is 14.6 Å². The van der Waals surface area contributed by atoms with E-state index in [4.69, 9.17) is 9.47 Å². The summed E-state index contributed by atoms with van der Waals surface area (Å²) in [5.41, 5.74) is 0.509. The van der Waals surface area contributed by atoms with Crippen LogP contribution in [0.1, 0.15) is 31.9 Å². The topological polar surface area (TPSA) is 38.7 Å². The molecule has 0 aromatic heterocycles. The number of aliphatic hydroxyl groups is 1. The molecule has 0 unspecified atom stereocenters. The van der Waals surface area contributed by atoms with Gasteiger partial charge in [-0.05, 0) is 32.0 Å². The average molecular weight is 208 g/mol. The third kappa shape index (κ3) is 1.92. The second kappa shape index (κ2) is 3.42. The summed E-state index contributed by atoms with van der Waals surface area (Å²) < 4.78 is 10.9. The highest BCUT2D eigenvalue weighted by molar-refractivity contribution is 5.43. The average Bonchev–Trinajstić information content (AvgIpc) is 2.15. The Morgan fingerprint density at radius 1 is 1.47 bits per heavy atom. The summed E-state index contributed by atoms with van der Waals surface area (Å²) in [6.07, 6.45) is 0.131. The maximum absolute atomic E-state index is 9.98. The van der Waals surface area contributed by atoms with E-state index < -0.39 is 6.10 Å². The SMILES string of the molecule is COc1ccc2c(c1)[C@H](O)CC(C)(C)O2. The Morgan fingerprint density at radius 3 is 2.87 bits per heavy atom. The van der Waals surface area contributed by atoms with Gasteiger partial charge in [-0.25, -0.2) is 0 Å². The van der Waals surface area contributed by atoms with Gasteiger partial charge in [-0.3, -0.25) is 0 Å². The van der Waals surface area contributed by atoms with Crippen molar-refractivity contribution in [3.63, 3.8) is 0 Å². The zero-order valence-electron chi connectivity index (χ0n) is 9.28. The number of hydrogen-bond donors (Lipinski definition) is 1. The Hall–Kier alpha value is -1.22. The van der Waals surface area contributed by atoms with Crippen LogP contribution in [0.5, 0.6) is 11.5 Å². The van der Waals surface area contributed by atoms with Gasteiger partial charge in [-0.15, -0.1) is 0 Å². The van der Waals surface area contributed by atoms with Crippen LogP contribution in [0.4, 0.5) is 0 Å². The van der Waals surface area contributed by atoms with Crippen LogP contribution in [0.3, 0.4) is 0 Å². The molecule has 0 saturated heterocycles. The number of hydrogen-bond acceptors (Lipinski definition) is 3. The standard InChI is InChI=1S/C12H16O3/c1-12(2)7-10(13)9-6-8(14-3)4-5-11(9)15-12/h4-6,10,13H,7H2,1-3H3/t10-/m1/s1. The summed E-state index contributed by atoms with van der Waals surface area (Å²) in [5, 5.41) is 9.98. The van der Waals surface area contributed by atoms with E-state index in [1.54, 1.807) is 7.11 Å². The first-order valence-corrected chi connectivity index (χ1v) is 5.07. The second-order valence-electron chi connectivity index (χ2n) is 4.49. The quantitative estimate of drug-likeness (QED) is 0.769. The lowest BCUT2D eigenvalue weighted by Gasteiger charge is -2.35. The number of methoxy groups -OCH3 is 1. The van der Waals surface area contributed by atoms with Crippen molar-refractivity contribution in [1.82, 2.24) is 0 Å². The molecule has 1 aromatic rings. The summed E-state index contributed by atoms with van der Waals surface area (Å²) in [4.78, 5) is 0. The van der Waals surface area contributed by atoms with Crippen LogP contribution in [0.25, 0.3) is 0 Å². The Balaban J connectivity index is 2.41. The summed E-state index contributed by atoms with van der Waals surface area (Å²) in [6.45, 7) is 3.95. The molecule has 0 amide bonds. The smallest absolute Gasteiger partial charge is 0.126 e. The predicted octanol–water partition coefficient (Wildman–Crippen LogP) is 2.29. The zero-order valence-corrected chi connectivity index (χ0v) is 9.28. The van der Waals surface area contributed by atoms with Gasteiger partial charge in [0.2, 0.25) is 0 Å². The lowest BCUT2D eigenvalue weighted by Crippen LogP contribution is -2.34. The fraction of sp³-hybridized carbons (Fsp3) is 0.500. The van der Waals surface area contributed by atoms with Gasteiger partial charge >= 0.3 is 0 Å². The molecule has 1 aliphatic rings. The number of benzene rings is 1. The Morgan fingerprint density at radius 2 is 2.20 bits per heavy atom. The van der Waals surface area contributed by atoms with Gasteiger partial charge in [0.25, 0.3) is 0 Å². The van der Waals surface area contributed by atoms with Crippen molar-refractivity contribution in [3.8, 4) is 11.5 Å². The van der Waals surface area contributed by atoms with E-state index in [1.165, 1.54) is 0 Å². The third-order valence-corrected chi connectivity index (χ3v) is 2.65. The number of rotatable bonds is 1. The van der Waals surface area contributed by atoms with Gasteiger partial charge in [0.15, 0.2) is 0 Å². The summed E-state index contributed by atoms with van der Waals surface area (Å²) >= 11 is 0. The Labute approximate surface area is 89.6 Å². The first kappa shape index (κ1) is 10.3. The Bertz CT molecular complexity index is 371. The fourth-order valence-corrected chi connectivity index (χ4v) is 1.92.